The number of nitrogens with one attached hydrogen (secondary N) is 2. The number of nitrogens with zero attached hydrogens (tertiary/aromatic N) is 3. The Kier molecular flexibility index (Phi) is 6.55. The van der Waals surface area contributed by atoms with E-state index in [4.69, 9.17) is 4.74 Å². The molecule has 0 bridgehead atoms. The van der Waals surface area contributed by atoms with Gasteiger partial charge in [-0.2, -0.15) is 5.10 Å². The van der Waals surface area contributed by atoms with Crippen LogP contribution in [-0.2, 0) is 7.05 Å². The van der Waals surface area contributed by atoms with Gasteiger partial charge in [0.15, 0.2) is 0 Å². The Hall–Kier alpha value is -3.91. The highest BCUT2D eigenvalue weighted by Gasteiger charge is 2.20. The van der Waals surface area contributed by atoms with E-state index in [9.17, 15) is 9.90 Å². The first-order valence-electron chi connectivity index (χ1n) is 10.7. The third-order valence-corrected chi connectivity index (χ3v) is 5.43. The van der Waals surface area contributed by atoms with Crippen LogP contribution in [0.25, 0.3) is 10.8 Å². The molecule has 1 amide bonds. The maximum Gasteiger partial charge on any atom is 0.252 e. The van der Waals surface area contributed by atoms with Gasteiger partial charge in [-0.25, -0.2) is 4.98 Å². The summed E-state index contributed by atoms with van der Waals surface area (Å²) in [7, 11) is 3.47. The molecule has 0 saturated heterocycles. The quantitative estimate of drug-likeness (QED) is 0.385. The van der Waals surface area contributed by atoms with E-state index in [1.807, 2.05) is 62.6 Å². The Morgan fingerprint density at radius 2 is 1.88 bits per heavy atom. The first-order valence-corrected chi connectivity index (χ1v) is 10.7. The monoisotopic (exact) mass is 445 g/mol. The van der Waals surface area contributed by atoms with E-state index in [-0.39, 0.29) is 24.6 Å². The van der Waals surface area contributed by atoms with Crippen LogP contribution in [0.4, 0.5) is 5.82 Å². The molecule has 0 aliphatic rings. The van der Waals surface area contributed by atoms with E-state index < -0.39 is 0 Å². The third-order valence-electron chi connectivity index (χ3n) is 5.43. The molecule has 2 atom stereocenters. The van der Waals surface area contributed by atoms with Crippen molar-refractivity contribution in [3.63, 3.8) is 0 Å². The first-order chi connectivity index (χ1) is 16.0. The summed E-state index contributed by atoms with van der Waals surface area (Å²) in [6, 6.07) is 14.5. The van der Waals surface area contributed by atoms with Gasteiger partial charge in [0.05, 0.1) is 26.0 Å². The van der Waals surface area contributed by atoms with Gasteiger partial charge in [-0.15, -0.1) is 0 Å². The molecule has 0 fully saturated rings. The van der Waals surface area contributed by atoms with Crippen molar-refractivity contribution in [2.24, 2.45) is 7.05 Å². The minimum absolute atomic E-state index is 0.00323. The zero-order valence-corrected chi connectivity index (χ0v) is 18.8. The van der Waals surface area contributed by atoms with Gasteiger partial charge in [-0.1, -0.05) is 18.2 Å². The van der Waals surface area contributed by atoms with Crippen molar-refractivity contribution < 1.29 is 14.6 Å². The lowest BCUT2D eigenvalue weighted by Crippen LogP contribution is -2.29. The number of hydrogen-bond acceptors (Lipinski definition) is 6. The number of aryl methyl sites for hydroxylation is 1. The average Bonchev–Trinajstić information content (AvgIpc) is 3.27. The molecule has 170 valence electrons. The molecule has 0 unspecified atom stereocenters. The summed E-state index contributed by atoms with van der Waals surface area (Å²) in [6.45, 7) is 1.87. The number of carbonyl (C=O) groups excluding carboxylic acids is 1. The van der Waals surface area contributed by atoms with E-state index in [0.29, 0.717) is 11.4 Å². The molecule has 8 nitrogen and oxygen atoms in total. The van der Waals surface area contributed by atoms with E-state index in [1.165, 1.54) is 0 Å². The zero-order valence-electron chi connectivity index (χ0n) is 18.8. The molecule has 2 aromatic heterocycles. The summed E-state index contributed by atoms with van der Waals surface area (Å²) >= 11 is 0. The van der Waals surface area contributed by atoms with E-state index in [0.717, 1.165) is 27.6 Å². The van der Waals surface area contributed by atoms with Gasteiger partial charge in [-0.05, 0) is 48.2 Å². The third kappa shape index (κ3) is 5.12. The highest BCUT2D eigenvalue weighted by atomic mass is 16.5. The summed E-state index contributed by atoms with van der Waals surface area (Å²) in [6.07, 6.45) is 5.39. The number of methoxy groups -OCH3 is 1. The van der Waals surface area contributed by atoms with Crippen LogP contribution in [0.1, 0.15) is 34.5 Å². The van der Waals surface area contributed by atoms with Crippen LogP contribution >= 0.6 is 0 Å². The Morgan fingerprint density at radius 3 is 2.55 bits per heavy atom. The van der Waals surface area contributed by atoms with Gasteiger partial charge >= 0.3 is 0 Å². The number of aromatic nitrogens is 3. The van der Waals surface area contributed by atoms with Gasteiger partial charge in [0.1, 0.15) is 11.6 Å². The topological polar surface area (TPSA) is 101 Å². The number of amides is 1. The predicted molar refractivity (Wildman–Crippen MR) is 127 cm³/mol. The van der Waals surface area contributed by atoms with Gasteiger partial charge < -0.3 is 20.5 Å². The van der Waals surface area contributed by atoms with Crippen molar-refractivity contribution in [2.45, 2.75) is 19.0 Å². The number of carbonyl (C=O) groups is 1. The second-order valence-electron chi connectivity index (χ2n) is 7.99. The lowest BCUT2D eigenvalue weighted by Gasteiger charge is -2.19. The predicted octanol–water partition coefficient (Wildman–Crippen LogP) is 3.29. The summed E-state index contributed by atoms with van der Waals surface area (Å²) < 4.78 is 6.97. The van der Waals surface area contributed by atoms with Crippen LogP contribution in [-0.4, -0.2) is 45.5 Å². The molecule has 0 aliphatic carbocycles. The lowest BCUT2D eigenvalue weighted by molar-refractivity contribution is 0.0943. The molecule has 0 spiro atoms. The second-order valence-corrected chi connectivity index (χ2v) is 7.99. The van der Waals surface area contributed by atoms with Crippen molar-refractivity contribution in [3.8, 4) is 5.75 Å². The number of fused-ring (bicyclic) bond motifs is 1. The highest BCUT2D eigenvalue weighted by molar-refractivity contribution is 5.99. The van der Waals surface area contributed by atoms with E-state index in [2.05, 4.69) is 20.7 Å². The van der Waals surface area contributed by atoms with Crippen molar-refractivity contribution in [1.29, 1.82) is 0 Å². The highest BCUT2D eigenvalue weighted by Crippen LogP contribution is 2.25. The summed E-state index contributed by atoms with van der Waals surface area (Å²) in [5.74, 6) is 1.20. The fraction of sp³-hybridized carbons (Fsp3) is 0.240. The fourth-order valence-corrected chi connectivity index (χ4v) is 3.62. The SMILES string of the molecule is COc1ccc([C@H](NC(=O)c2ccc3cnc(N[C@@H](C)CO)cc3c2)c2cnn(C)c2)cc1. The standard InChI is InChI=1S/C25H27N5O3/c1-16(15-31)28-23-11-20-10-18(4-5-19(20)12-26-23)25(32)29-24(21-13-27-30(2)14-21)17-6-8-22(33-3)9-7-17/h4-14,16,24,31H,15H2,1-3H3,(H,26,28)(H,29,32)/t16-,24-/m0/s1. The van der Waals surface area contributed by atoms with Crippen LogP contribution in [0.3, 0.4) is 0 Å². The molecule has 2 aromatic carbocycles. The summed E-state index contributed by atoms with van der Waals surface area (Å²) in [5.41, 5.74) is 2.34. The lowest BCUT2D eigenvalue weighted by atomic mass is 10.0. The molecular weight excluding hydrogens is 418 g/mol. The smallest absolute Gasteiger partial charge is 0.252 e. The number of pyridine rings is 1. The number of anilines is 1. The molecule has 0 radical (unpaired) electrons. The number of aliphatic hydroxyl groups excluding tert-OH is 1. The number of rotatable bonds is 8. The maximum absolute atomic E-state index is 13.3. The molecule has 4 rings (SSSR count). The van der Waals surface area contributed by atoms with Crippen LogP contribution in [0.5, 0.6) is 5.75 Å². The van der Waals surface area contributed by atoms with Gasteiger partial charge in [0, 0.05) is 42.0 Å². The number of ether oxygens (including phenoxy) is 1. The largest absolute Gasteiger partial charge is 0.497 e. The molecule has 2 heterocycles. The Labute approximate surface area is 192 Å². The molecule has 3 N–H and O–H groups in total. The van der Waals surface area contributed by atoms with Gasteiger partial charge in [-0.3, -0.25) is 9.48 Å². The minimum Gasteiger partial charge on any atom is -0.497 e. The summed E-state index contributed by atoms with van der Waals surface area (Å²) in [5, 5.41) is 21.6. The molecule has 8 heteroatoms. The minimum atomic E-state index is -0.368. The first kappa shape index (κ1) is 22.3. The van der Waals surface area contributed by atoms with Crippen molar-refractivity contribution in [3.05, 3.63) is 83.8 Å². The molecule has 4 aromatic rings. The molecular formula is C25H27N5O3. The van der Waals surface area contributed by atoms with Crippen molar-refractivity contribution in [2.75, 3.05) is 19.0 Å². The normalized spacial score (nSPS) is 12.8. The number of benzene rings is 2. The second kappa shape index (κ2) is 9.70. The Morgan fingerprint density at radius 1 is 1.09 bits per heavy atom. The van der Waals surface area contributed by atoms with Crippen molar-refractivity contribution in [1.82, 2.24) is 20.1 Å². The van der Waals surface area contributed by atoms with Gasteiger partial charge in [0.2, 0.25) is 0 Å². The van der Waals surface area contributed by atoms with Crippen LogP contribution in [0.15, 0.2) is 67.1 Å². The number of hydrogen-bond donors (Lipinski definition) is 3. The van der Waals surface area contributed by atoms with Crippen LogP contribution in [0, 0.1) is 0 Å². The van der Waals surface area contributed by atoms with Crippen molar-refractivity contribution >= 4 is 22.5 Å². The molecule has 0 saturated carbocycles. The van der Waals surface area contributed by atoms with Crippen LogP contribution in [0.2, 0.25) is 0 Å². The molecule has 33 heavy (non-hydrogen) atoms. The Balaban J connectivity index is 1.62. The van der Waals surface area contributed by atoms with Gasteiger partial charge in [0.25, 0.3) is 5.91 Å². The summed E-state index contributed by atoms with van der Waals surface area (Å²) in [4.78, 5) is 17.6. The maximum atomic E-state index is 13.3. The fourth-order valence-electron chi connectivity index (χ4n) is 3.62. The van der Waals surface area contributed by atoms with Crippen LogP contribution < -0.4 is 15.4 Å². The number of aliphatic hydroxyl groups is 1. The molecule has 0 aliphatic heterocycles. The zero-order chi connectivity index (χ0) is 23.4. The average molecular weight is 446 g/mol. The Bertz CT molecular complexity index is 1250. The van der Waals surface area contributed by atoms with E-state index >= 15 is 0 Å². The van der Waals surface area contributed by atoms with E-state index in [1.54, 1.807) is 30.3 Å².